The van der Waals surface area contributed by atoms with Crippen molar-refractivity contribution < 1.29 is 14.3 Å². The molecule has 2 amide bonds. The molecule has 0 bridgehead atoms. The maximum absolute atomic E-state index is 13.4. The first-order valence-corrected chi connectivity index (χ1v) is 11.6. The number of carbonyl (C=O) groups is 2. The Morgan fingerprint density at radius 2 is 1.26 bits per heavy atom. The van der Waals surface area contributed by atoms with Gasteiger partial charge >= 0.3 is 0 Å². The topological polar surface area (TPSA) is 81.4 Å². The molecule has 0 aliphatic carbocycles. The van der Waals surface area contributed by atoms with Crippen molar-refractivity contribution in [1.29, 1.82) is 0 Å². The molecule has 0 fully saturated rings. The summed E-state index contributed by atoms with van der Waals surface area (Å²) in [6, 6.07) is 35.5. The first-order chi connectivity index (χ1) is 17.1. The molecule has 5 nitrogen and oxygen atoms in total. The minimum atomic E-state index is -0.859. The fraction of sp³-hybridized carbons (Fsp3) is 0.133. The molecule has 0 unspecified atom stereocenters. The summed E-state index contributed by atoms with van der Waals surface area (Å²) in [5, 5.41) is 2.89. The zero-order valence-corrected chi connectivity index (χ0v) is 19.3. The summed E-state index contributed by atoms with van der Waals surface area (Å²) < 4.78 is 5.91. The van der Waals surface area contributed by atoms with Crippen molar-refractivity contribution in [3.05, 3.63) is 138 Å². The van der Waals surface area contributed by atoms with Crippen LogP contribution in [0.5, 0.6) is 5.75 Å². The van der Waals surface area contributed by atoms with E-state index in [-0.39, 0.29) is 12.3 Å². The molecule has 0 heterocycles. The van der Waals surface area contributed by atoms with Crippen molar-refractivity contribution in [2.24, 2.45) is 5.73 Å². The maximum Gasteiger partial charge on any atom is 0.240 e. The molecule has 0 aliphatic rings. The van der Waals surface area contributed by atoms with Crippen molar-refractivity contribution in [3.63, 3.8) is 0 Å². The summed E-state index contributed by atoms with van der Waals surface area (Å²) in [5.41, 5.74) is 9.29. The Morgan fingerprint density at radius 1 is 0.714 bits per heavy atom. The van der Waals surface area contributed by atoms with Gasteiger partial charge in [-0.2, -0.15) is 0 Å². The van der Waals surface area contributed by atoms with Crippen LogP contribution >= 0.6 is 0 Å². The Kier molecular flexibility index (Phi) is 7.92. The van der Waals surface area contributed by atoms with Gasteiger partial charge < -0.3 is 15.8 Å². The van der Waals surface area contributed by atoms with E-state index in [9.17, 15) is 9.59 Å². The van der Waals surface area contributed by atoms with Gasteiger partial charge in [0, 0.05) is 6.42 Å². The lowest BCUT2D eigenvalue weighted by Crippen LogP contribution is -2.47. The molecule has 0 saturated carbocycles. The van der Waals surface area contributed by atoms with E-state index in [4.69, 9.17) is 10.5 Å². The van der Waals surface area contributed by atoms with Gasteiger partial charge in [0.25, 0.3) is 0 Å². The van der Waals surface area contributed by atoms with E-state index < -0.39 is 17.9 Å². The number of carbonyl (C=O) groups excluding carboxylic acids is 2. The average Bonchev–Trinajstić information content (AvgIpc) is 2.89. The maximum atomic E-state index is 13.4. The molecule has 35 heavy (non-hydrogen) atoms. The molecule has 0 aromatic heterocycles. The van der Waals surface area contributed by atoms with Gasteiger partial charge in [0.15, 0.2) is 0 Å². The molecule has 0 saturated heterocycles. The van der Waals surface area contributed by atoms with Crippen LogP contribution in [0.15, 0.2) is 115 Å². The van der Waals surface area contributed by atoms with Gasteiger partial charge in [0.05, 0.1) is 5.92 Å². The van der Waals surface area contributed by atoms with Gasteiger partial charge in [-0.05, 0) is 34.4 Å². The van der Waals surface area contributed by atoms with Gasteiger partial charge in [-0.3, -0.25) is 9.59 Å². The Balaban J connectivity index is 1.49. The standard InChI is InChI=1S/C30H28N2O3/c31-29(33)27(20-23-13-10-18-26(19-23)35-21-22-11-4-1-5-12-22)32-30(34)28(24-14-6-2-7-15-24)25-16-8-3-9-17-25/h1-19,27-28H,20-21H2,(H2,31,33)(H,32,34)/t27-/m0/s1. The van der Waals surface area contributed by atoms with Gasteiger partial charge in [-0.25, -0.2) is 0 Å². The van der Waals surface area contributed by atoms with Gasteiger partial charge in [-0.15, -0.1) is 0 Å². The summed E-state index contributed by atoms with van der Waals surface area (Å²) in [7, 11) is 0. The number of nitrogens with one attached hydrogen (secondary N) is 1. The van der Waals surface area contributed by atoms with E-state index in [1.807, 2.05) is 115 Å². The number of ether oxygens (including phenoxy) is 1. The number of benzene rings is 4. The summed E-state index contributed by atoms with van der Waals surface area (Å²) in [6.45, 7) is 0.441. The first kappa shape index (κ1) is 23.8. The lowest BCUT2D eigenvalue weighted by molar-refractivity contribution is -0.127. The van der Waals surface area contributed by atoms with Gasteiger partial charge in [0.2, 0.25) is 11.8 Å². The smallest absolute Gasteiger partial charge is 0.240 e. The molecule has 1 atom stereocenters. The van der Waals surface area contributed by atoms with Crippen molar-refractivity contribution in [1.82, 2.24) is 5.32 Å². The van der Waals surface area contributed by atoms with Crippen molar-refractivity contribution >= 4 is 11.8 Å². The molecule has 0 spiro atoms. The molecule has 3 N–H and O–H groups in total. The molecular weight excluding hydrogens is 436 g/mol. The molecule has 0 radical (unpaired) electrons. The van der Waals surface area contributed by atoms with E-state index >= 15 is 0 Å². The highest BCUT2D eigenvalue weighted by Crippen LogP contribution is 2.25. The van der Waals surface area contributed by atoms with Crippen LogP contribution in [0.4, 0.5) is 0 Å². The molecular formula is C30H28N2O3. The second-order valence-electron chi connectivity index (χ2n) is 8.34. The number of nitrogens with two attached hydrogens (primary N) is 1. The molecule has 4 rings (SSSR count). The number of primary amides is 1. The average molecular weight is 465 g/mol. The Hall–Kier alpha value is -4.38. The van der Waals surface area contributed by atoms with Crippen LogP contribution in [-0.2, 0) is 22.6 Å². The predicted octanol–water partition coefficient (Wildman–Crippen LogP) is 4.61. The SMILES string of the molecule is NC(=O)[C@H](Cc1cccc(OCc2ccccc2)c1)NC(=O)C(c1ccccc1)c1ccccc1. The molecule has 176 valence electrons. The summed E-state index contributed by atoms with van der Waals surface area (Å²) in [6.07, 6.45) is 0.264. The first-order valence-electron chi connectivity index (χ1n) is 11.6. The zero-order chi connectivity index (χ0) is 24.5. The number of rotatable bonds is 10. The fourth-order valence-corrected chi connectivity index (χ4v) is 4.00. The van der Waals surface area contributed by atoms with Crippen LogP contribution < -0.4 is 15.8 Å². The molecule has 4 aromatic rings. The van der Waals surface area contributed by atoms with Crippen LogP contribution in [0.25, 0.3) is 0 Å². The van der Waals surface area contributed by atoms with E-state index in [0.29, 0.717) is 12.4 Å². The second kappa shape index (κ2) is 11.7. The van der Waals surface area contributed by atoms with E-state index in [1.165, 1.54) is 0 Å². The summed E-state index contributed by atoms with van der Waals surface area (Å²) in [5.74, 6) is -0.733. The van der Waals surface area contributed by atoms with Crippen LogP contribution in [0.2, 0.25) is 0 Å². The molecule has 4 aromatic carbocycles. The van der Waals surface area contributed by atoms with Crippen molar-refractivity contribution in [2.45, 2.75) is 25.0 Å². The fourth-order valence-electron chi connectivity index (χ4n) is 4.00. The minimum absolute atomic E-state index is 0.264. The highest BCUT2D eigenvalue weighted by atomic mass is 16.5. The number of amides is 2. The molecule has 5 heteroatoms. The van der Waals surface area contributed by atoms with Crippen LogP contribution in [0.1, 0.15) is 28.2 Å². The minimum Gasteiger partial charge on any atom is -0.489 e. The Labute approximate surface area is 205 Å². The van der Waals surface area contributed by atoms with Crippen LogP contribution in [0, 0.1) is 0 Å². The summed E-state index contributed by atoms with van der Waals surface area (Å²) in [4.78, 5) is 25.7. The van der Waals surface area contributed by atoms with Gasteiger partial charge in [-0.1, -0.05) is 103 Å². The largest absolute Gasteiger partial charge is 0.489 e. The van der Waals surface area contributed by atoms with Crippen molar-refractivity contribution in [2.75, 3.05) is 0 Å². The third-order valence-corrected chi connectivity index (χ3v) is 5.77. The van der Waals surface area contributed by atoms with E-state index in [1.54, 1.807) is 0 Å². The monoisotopic (exact) mass is 464 g/mol. The van der Waals surface area contributed by atoms with Crippen LogP contribution in [-0.4, -0.2) is 17.9 Å². The predicted molar refractivity (Wildman–Crippen MR) is 137 cm³/mol. The van der Waals surface area contributed by atoms with Gasteiger partial charge in [0.1, 0.15) is 18.4 Å². The highest BCUT2D eigenvalue weighted by molar-refractivity contribution is 5.92. The lowest BCUT2D eigenvalue weighted by Gasteiger charge is -2.22. The van der Waals surface area contributed by atoms with Crippen molar-refractivity contribution in [3.8, 4) is 5.75 Å². The van der Waals surface area contributed by atoms with Crippen LogP contribution in [0.3, 0.4) is 0 Å². The molecule has 0 aliphatic heterocycles. The quantitative estimate of drug-likeness (QED) is 0.360. The highest BCUT2D eigenvalue weighted by Gasteiger charge is 2.27. The number of hydrogen-bond donors (Lipinski definition) is 2. The zero-order valence-electron chi connectivity index (χ0n) is 19.3. The number of hydrogen-bond acceptors (Lipinski definition) is 3. The summed E-state index contributed by atoms with van der Waals surface area (Å²) >= 11 is 0. The third-order valence-electron chi connectivity index (χ3n) is 5.77. The lowest BCUT2D eigenvalue weighted by atomic mass is 9.90. The van der Waals surface area contributed by atoms with E-state index in [0.717, 1.165) is 22.3 Å². The Bertz CT molecular complexity index is 1200. The second-order valence-corrected chi connectivity index (χ2v) is 8.34. The Morgan fingerprint density at radius 3 is 1.83 bits per heavy atom. The van der Waals surface area contributed by atoms with E-state index in [2.05, 4.69) is 5.32 Å². The third kappa shape index (κ3) is 6.58. The normalized spacial score (nSPS) is 11.6.